The fourth-order valence-electron chi connectivity index (χ4n) is 2.19. The number of para-hydroxylation sites is 1. The number of hydrogen-bond acceptors (Lipinski definition) is 6. The van der Waals surface area contributed by atoms with Crippen LogP contribution in [0.4, 0.5) is 4.79 Å². The van der Waals surface area contributed by atoms with Crippen molar-refractivity contribution >= 4 is 29.6 Å². The van der Waals surface area contributed by atoms with E-state index >= 15 is 0 Å². The molecule has 0 aliphatic rings. The number of urea groups is 1. The van der Waals surface area contributed by atoms with Crippen LogP contribution in [0.2, 0.25) is 0 Å². The van der Waals surface area contributed by atoms with Crippen molar-refractivity contribution in [1.82, 2.24) is 16.2 Å². The summed E-state index contributed by atoms with van der Waals surface area (Å²) in [5.41, 5.74) is 9.57. The molecular weight excluding hydrogens is 384 g/mol. The zero-order chi connectivity index (χ0) is 20.4. The highest BCUT2D eigenvalue weighted by Crippen LogP contribution is 2.13. The zero-order valence-electron chi connectivity index (χ0n) is 15.3. The quantitative estimate of drug-likeness (QED) is 0.465. The average molecular weight is 406 g/mol. The van der Waals surface area contributed by atoms with Crippen LogP contribution in [-0.2, 0) is 11.4 Å². The largest absolute Gasteiger partial charge is 0.486 e. The van der Waals surface area contributed by atoms with E-state index in [-0.39, 0.29) is 12.4 Å². The standard InChI is InChI=1S/C18H22N4O5S/c1-28-10-9-14(20-18(19)25)16(23)21-22-17(24)15-8-7-13(27-15)11-26-12-5-3-2-4-6-12/h2-8,14H,9-11H2,1H3,(H,21,23)(H,22,24)(H3,19,20,25)/t14-/m1/s1. The zero-order valence-corrected chi connectivity index (χ0v) is 16.1. The number of nitrogens with one attached hydrogen (secondary N) is 3. The van der Waals surface area contributed by atoms with Crippen molar-refractivity contribution in [2.24, 2.45) is 5.73 Å². The van der Waals surface area contributed by atoms with Crippen LogP contribution in [0, 0.1) is 0 Å². The molecule has 0 aliphatic heterocycles. The van der Waals surface area contributed by atoms with Crippen molar-refractivity contribution in [3.63, 3.8) is 0 Å². The predicted octanol–water partition coefficient (Wildman–Crippen LogP) is 1.41. The summed E-state index contributed by atoms with van der Waals surface area (Å²) in [6.07, 6.45) is 2.24. The summed E-state index contributed by atoms with van der Waals surface area (Å²) < 4.78 is 10.9. The van der Waals surface area contributed by atoms with Gasteiger partial charge in [-0.3, -0.25) is 20.4 Å². The maximum absolute atomic E-state index is 12.1. The Morgan fingerprint density at radius 1 is 1.14 bits per heavy atom. The molecule has 0 aliphatic carbocycles. The minimum atomic E-state index is -0.850. The minimum Gasteiger partial charge on any atom is -0.486 e. The topological polar surface area (TPSA) is 136 Å². The molecule has 2 aromatic rings. The third-order valence-corrected chi connectivity index (χ3v) is 4.20. The molecule has 0 saturated carbocycles. The molecule has 1 atom stereocenters. The van der Waals surface area contributed by atoms with Crippen LogP contribution in [0.25, 0.3) is 0 Å². The number of ether oxygens (including phenoxy) is 1. The lowest BCUT2D eigenvalue weighted by Gasteiger charge is -2.16. The van der Waals surface area contributed by atoms with Gasteiger partial charge in [-0.05, 0) is 42.7 Å². The summed E-state index contributed by atoms with van der Waals surface area (Å²) in [6.45, 7) is 0.156. The molecule has 0 saturated heterocycles. The first-order valence-corrected chi connectivity index (χ1v) is 9.80. The van der Waals surface area contributed by atoms with Crippen molar-refractivity contribution in [3.8, 4) is 5.75 Å². The lowest BCUT2D eigenvalue weighted by molar-refractivity contribution is -0.123. The van der Waals surface area contributed by atoms with E-state index in [1.165, 1.54) is 17.8 Å². The molecule has 28 heavy (non-hydrogen) atoms. The highest BCUT2D eigenvalue weighted by Gasteiger charge is 2.20. The molecule has 4 amide bonds. The third kappa shape index (κ3) is 6.88. The molecule has 9 nitrogen and oxygen atoms in total. The van der Waals surface area contributed by atoms with Crippen LogP contribution in [0.1, 0.15) is 22.7 Å². The van der Waals surface area contributed by atoms with Gasteiger partial charge < -0.3 is 20.2 Å². The van der Waals surface area contributed by atoms with E-state index in [2.05, 4.69) is 16.2 Å². The molecule has 0 spiro atoms. The minimum absolute atomic E-state index is 0.00971. The number of furan rings is 1. The number of carbonyl (C=O) groups excluding carboxylic acids is 3. The average Bonchev–Trinajstić information content (AvgIpc) is 3.17. The van der Waals surface area contributed by atoms with Gasteiger partial charge in [0.05, 0.1) is 0 Å². The SMILES string of the molecule is CSCC[C@@H](NC(N)=O)C(=O)NNC(=O)c1ccc(COc2ccccc2)o1. The fourth-order valence-corrected chi connectivity index (χ4v) is 2.66. The lowest BCUT2D eigenvalue weighted by Crippen LogP contribution is -2.53. The molecule has 5 N–H and O–H groups in total. The second kappa shape index (κ2) is 10.9. The number of primary amides is 1. The van der Waals surface area contributed by atoms with E-state index in [1.54, 1.807) is 18.2 Å². The van der Waals surface area contributed by atoms with Crippen LogP contribution >= 0.6 is 11.8 Å². The van der Waals surface area contributed by atoms with Crippen LogP contribution in [0.5, 0.6) is 5.75 Å². The molecule has 1 heterocycles. The number of amides is 4. The smallest absolute Gasteiger partial charge is 0.312 e. The number of hydrazine groups is 1. The van der Waals surface area contributed by atoms with E-state index in [1.807, 2.05) is 24.5 Å². The Balaban J connectivity index is 1.84. The van der Waals surface area contributed by atoms with Gasteiger partial charge in [0.2, 0.25) is 0 Å². The van der Waals surface area contributed by atoms with Gasteiger partial charge >= 0.3 is 11.9 Å². The van der Waals surface area contributed by atoms with Gasteiger partial charge in [-0.1, -0.05) is 18.2 Å². The monoisotopic (exact) mass is 406 g/mol. The fraction of sp³-hybridized carbons (Fsp3) is 0.278. The van der Waals surface area contributed by atoms with Gasteiger partial charge in [0, 0.05) is 0 Å². The first-order chi connectivity index (χ1) is 13.5. The van der Waals surface area contributed by atoms with E-state index in [0.717, 1.165) is 0 Å². The summed E-state index contributed by atoms with van der Waals surface area (Å²) in [6, 6.07) is 10.6. The molecule has 1 aromatic heterocycles. The Morgan fingerprint density at radius 3 is 2.57 bits per heavy atom. The number of rotatable bonds is 9. The van der Waals surface area contributed by atoms with Crippen molar-refractivity contribution < 1.29 is 23.5 Å². The summed E-state index contributed by atoms with van der Waals surface area (Å²) in [4.78, 5) is 35.3. The predicted molar refractivity (Wildman–Crippen MR) is 105 cm³/mol. The van der Waals surface area contributed by atoms with Crippen LogP contribution in [0.15, 0.2) is 46.9 Å². The highest BCUT2D eigenvalue weighted by atomic mass is 32.2. The van der Waals surface area contributed by atoms with Gasteiger partial charge in [0.1, 0.15) is 24.2 Å². The molecule has 0 bridgehead atoms. The van der Waals surface area contributed by atoms with Gasteiger partial charge in [-0.25, -0.2) is 4.79 Å². The maximum atomic E-state index is 12.1. The first-order valence-electron chi connectivity index (χ1n) is 8.41. The molecule has 10 heteroatoms. The molecule has 2 rings (SSSR count). The van der Waals surface area contributed by atoms with Crippen molar-refractivity contribution in [2.45, 2.75) is 19.1 Å². The van der Waals surface area contributed by atoms with Crippen LogP contribution < -0.4 is 26.6 Å². The molecule has 0 fully saturated rings. The summed E-state index contributed by atoms with van der Waals surface area (Å²) in [7, 11) is 0. The van der Waals surface area contributed by atoms with Crippen LogP contribution in [0.3, 0.4) is 0 Å². The van der Waals surface area contributed by atoms with Crippen LogP contribution in [-0.4, -0.2) is 35.9 Å². The normalized spacial score (nSPS) is 11.3. The highest BCUT2D eigenvalue weighted by molar-refractivity contribution is 7.98. The van der Waals surface area contributed by atoms with E-state index in [9.17, 15) is 14.4 Å². The van der Waals surface area contributed by atoms with E-state index < -0.39 is 23.9 Å². The van der Waals surface area contributed by atoms with Crippen molar-refractivity contribution in [2.75, 3.05) is 12.0 Å². The molecule has 0 unspecified atom stereocenters. The Labute approximate surface area is 166 Å². The Kier molecular flexibility index (Phi) is 8.22. The molecule has 0 radical (unpaired) electrons. The number of hydrogen-bond donors (Lipinski definition) is 4. The number of thioether (sulfide) groups is 1. The Hall–Kier alpha value is -3.14. The van der Waals surface area contributed by atoms with E-state index in [0.29, 0.717) is 23.7 Å². The van der Waals surface area contributed by atoms with Gasteiger partial charge in [0.15, 0.2) is 5.76 Å². The molecule has 150 valence electrons. The second-order valence-corrected chi connectivity index (χ2v) is 6.64. The van der Waals surface area contributed by atoms with Gasteiger partial charge in [-0.15, -0.1) is 0 Å². The van der Waals surface area contributed by atoms with Gasteiger partial charge in [0.25, 0.3) is 5.91 Å². The molecule has 1 aromatic carbocycles. The summed E-state index contributed by atoms with van der Waals surface area (Å²) >= 11 is 1.52. The lowest BCUT2D eigenvalue weighted by atomic mass is 10.2. The first kappa shape index (κ1) is 21.2. The molecular formula is C18H22N4O5S. The Bertz CT molecular complexity index is 796. The number of nitrogens with two attached hydrogens (primary N) is 1. The summed E-state index contributed by atoms with van der Waals surface area (Å²) in [5.74, 6) is 0.553. The summed E-state index contributed by atoms with van der Waals surface area (Å²) in [5, 5.41) is 2.34. The number of benzene rings is 1. The number of carbonyl (C=O) groups is 3. The van der Waals surface area contributed by atoms with Crippen molar-refractivity contribution in [3.05, 3.63) is 54.0 Å². The second-order valence-electron chi connectivity index (χ2n) is 5.65. The maximum Gasteiger partial charge on any atom is 0.312 e. The van der Waals surface area contributed by atoms with Gasteiger partial charge in [-0.2, -0.15) is 11.8 Å². The van der Waals surface area contributed by atoms with E-state index in [4.69, 9.17) is 14.9 Å². The van der Waals surface area contributed by atoms with Crippen molar-refractivity contribution in [1.29, 1.82) is 0 Å². The third-order valence-electron chi connectivity index (χ3n) is 3.55. The Morgan fingerprint density at radius 2 is 1.89 bits per heavy atom.